The van der Waals surface area contributed by atoms with Crippen LogP contribution in [-0.4, -0.2) is 9.97 Å². The fourth-order valence-electron chi connectivity index (χ4n) is 2.87. The molecule has 0 aromatic carbocycles. The van der Waals surface area contributed by atoms with E-state index in [2.05, 4.69) is 9.97 Å². The second-order valence-corrected chi connectivity index (χ2v) is 4.97. The summed E-state index contributed by atoms with van der Waals surface area (Å²) in [7, 11) is 0. The molecule has 19 heavy (non-hydrogen) atoms. The summed E-state index contributed by atoms with van der Waals surface area (Å²) < 4.78 is 4.92. The monoisotopic (exact) mass is 262 g/mol. The maximum atomic E-state index is 11.9. The van der Waals surface area contributed by atoms with Crippen LogP contribution in [0.1, 0.15) is 43.6 Å². The number of rotatable bonds is 1. The lowest BCUT2D eigenvalue weighted by molar-refractivity contribution is 0.441. The first kappa shape index (κ1) is 12.0. The maximum Gasteiger partial charge on any atom is 0.337 e. The van der Waals surface area contributed by atoms with Gasteiger partial charge >= 0.3 is 11.3 Å². The molecule has 2 N–H and O–H groups in total. The smallest absolute Gasteiger partial charge is 0.337 e. The Balaban J connectivity index is 2.31. The van der Waals surface area contributed by atoms with Gasteiger partial charge in [-0.2, -0.15) is 0 Å². The molecule has 0 aliphatic heterocycles. The fraction of sp³-hybridized carbons (Fsp3) is 0.462. The van der Waals surface area contributed by atoms with Crippen LogP contribution in [0.25, 0.3) is 11.1 Å². The Morgan fingerprint density at radius 3 is 2.53 bits per heavy atom. The highest BCUT2D eigenvalue weighted by atomic mass is 16.4. The summed E-state index contributed by atoms with van der Waals surface area (Å²) in [4.78, 5) is 39.3. The van der Waals surface area contributed by atoms with Gasteiger partial charge in [-0.1, -0.05) is 19.3 Å². The van der Waals surface area contributed by atoms with Crippen LogP contribution in [0.2, 0.25) is 0 Å². The van der Waals surface area contributed by atoms with Crippen molar-refractivity contribution >= 4 is 11.1 Å². The lowest BCUT2D eigenvalue weighted by Gasteiger charge is -2.22. The molecule has 1 aliphatic rings. The molecule has 0 atom stereocenters. The Kier molecular flexibility index (Phi) is 2.85. The van der Waals surface area contributed by atoms with E-state index in [0.29, 0.717) is 10.9 Å². The predicted molar refractivity (Wildman–Crippen MR) is 69.6 cm³/mol. The summed E-state index contributed by atoms with van der Waals surface area (Å²) in [6, 6.07) is 1.38. The Labute approximate surface area is 107 Å². The molecular weight excluding hydrogens is 248 g/mol. The highest BCUT2D eigenvalue weighted by Gasteiger charge is 2.21. The largest absolute Gasteiger partial charge is 0.405 e. The summed E-state index contributed by atoms with van der Waals surface area (Å²) in [6.45, 7) is 0. The van der Waals surface area contributed by atoms with E-state index in [-0.39, 0.29) is 11.6 Å². The number of hydrogen-bond acceptors (Lipinski definition) is 4. The van der Waals surface area contributed by atoms with E-state index in [4.69, 9.17) is 4.42 Å². The van der Waals surface area contributed by atoms with E-state index in [1.807, 2.05) is 0 Å². The van der Waals surface area contributed by atoms with Crippen molar-refractivity contribution in [1.29, 1.82) is 0 Å². The van der Waals surface area contributed by atoms with Crippen LogP contribution in [0.4, 0.5) is 0 Å². The minimum Gasteiger partial charge on any atom is -0.405 e. The first-order valence-electron chi connectivity index (χ1n) is 6.45. The van der Waals surface area contributed by atoms with Crippen LogP contribution in [0.15, 0.2) is 24.9 Å². The standard InChI is InChI=1S/C13H14N2O4/c16-9-6-8(7-4-2-1-3-5-7)10-11(17)14-13(18)15-12(10)19-9/h6-7H,1-5H2,(H2,14,15,17,18). The van der Waals surface area contributed by atoms with Crippen molar-refractivity contribution in [3.05, 3.63) is 42.9 Å². The third-order valence-electron chi connectivity index (χ3n) is 3.72. The Bertz CT molecular complexity index is 772. The number of fused-ring (bicyclic) bond motifs is 1. The van der Waals surface area contributed by atoms with Gasteiger partial charge in [0.25, 0.3) is 5.56 Å². The number of H-pyrrole nitrogens is 2. The third-order valence-corrected chi connectivity index (χ3v) is 3.72. The highest BCUT2D eigenvalue weighted by Crippen LogP contribution is 2.34. The zero-order chi connectivity index (χ0) is 13.4. The molecule has 0 saturated heterocycles. The van der Waals surface area contributed by atoms with E-state index in [1.54, 1.807) is 0 Å². The lowest BCUT2D eigenvalue weighted by atomic mass is 9.83. The molecule has 0 radical (unpaired) electrons. The molecule has 0 unspecified atom stereocenters. The maximum absolute atomic E-state index is 11.9. The van der Waals surface area contributed by atoms with Gasteiger partial charge in [-0.15, -0.1) is 0 Å². The predicted octanol–water partition coefficient (Wildman–Crippen LogP) is 1.22. The Hall–Kier alpha value is -2.11. The van der Waals surface area contributed by atoms with Gasteiger partial charge in [-0.25, -0.2) is 9.59 Å². The molecule has 100 valence electrons. The summed E-state index contributed by atoms with van der Waals surface area (Å²) in [5.74, 6) is 0.187. The van der Waals surface area contributed by atoms with E-state index in [1.165, 1.54) is 12.5 Å². The molecule has 1 saturated carbocycles. The normalized spacial score (nSPS) is 16.8. The van der Waals surface area contributed by atoms with Gasteiger partial charge < -0.3 is 4.42 Å². The summed E-state index contributed by atoms with van der Waals surface area (Å²) in [6.07, 6.45) is 5.28. The number of aromatic nitrogens is 2. The van der Waals surface area contributed by atoms with E-state index in [0.717, 1.165) is 25.7 Å². The average molecular weight is 262 g/mol. The molecule has 2 aromatic heterocycles. The molecule has 0 spiro atoms. The van der Waals surface area contributed by atoms with Crippen molar-refractivity contribution in [3.8, 4) is 0 Å². The molecule has 0 amide bonds. The van der Waals surface area contributed by atoms with Crippen molar-refractivity contribution < 1.29 is 4.42 Å². The van der Waals surface area contributed by atoms with Crippen molar-refractivity contribution in [2.45, 2.75) is 38.0 Å². The van der Waals surface area contributed by atoms with Crippen molar-refractivity contribution in [1.82, 2.24) is 9.97 Å². The average Bonchev–Trinajstić information content (AvgIpc) is 2.38. The number of aromatic amines is 2. The molecule has 1 fully saturated rings. The van der Waals surface area contributed by atoms with Crippen molar-refractivity contribution in [2.75, 3.05) is 0 Å². The lowest BCUT2D eigenvalue weighted by Crippen LogP contribution is -2.25. The Morgan fingerprint density at radius 1 is 1.05 bits per heavy atom. The van der Waals surface area contributed by atoms with Crippen LogP contribution < -0.4 is 16.9 Å². The highest BCUT2D eigenvalue weighted by molar-refractivity contribution is 5.75. The zero-order valence-electron chi connectivity index (χ0n) is 10.3. The van der Waals surface area contributed by atoms with Gasteiger partial charge in [0.15, 0.2) is 0 Å². The van der Waals surface area contributed by atoms with Crippen LogP contribution in [0.5, 0.6) is 0 Å². The summed E-state index contributed by atoms with van der Waals surface area (Å²) >= 11 is 0. The summed E-state index contributed by atoms with van der Waals surface area (Å²) in [5, 5.41) is 0.297. The molecule has 6 heteroatoms. The van der Waals surface area contributed by atoms with Gasteiger partial charge in [0.05, 0.1) is 0 Å². The molecule has 3 rings (SSSR count). The SMILES string of the molecule is O=c1[nH]c(=O)c2c(C3CCCCC3)cc(=O)oc2[nH]1. The molecule has 6 nitrogen and oxygen atoms in total. The van der Waals surface area contributed by atoms with Crippen molar-refractivity contribution in [3.63, 3.8) is 0 Å². The molecule has 1 aliphatic carbocycles. The second kappa shape index (κ2) is 4.53. The number of nitrogens with one attached hydrogen (secondary N) is 2. The van der Waals surface area contributed by atoms with Gasteiger partial charge in [0.2, 0.25) is 5.71 Å². The van der Waals surface area contributed by atoms with Crippen LogP contribution in [-0.2, 0) is 0 Å². The van der Waals surface area contributed by atoms with Gasteiger partial charge in [-0.05, 0) is 24.3 Å². The Morgan fingerprint density at radius 2 is 1.79 bits per heavy atom. The van der Waals surface area contributed by atoms with Gasteiger partial charge in [-0.3, -0.25) is 14.8 Å². The third kappa shape index (κ3) is 2.14. The summed E-state index contributed by atoms with van der Waals surface area (Å²) in [5.41, 5.74) is -1.02. The first-order valence-corrected chi connectivity index (χ1v) is 6.45. The minimum atomic E-state index is -0.665. The minimum absolute atomic E-state index is 0.0261. The van der Waals surface area contributed by atoms with E-state index >= 15 is 0 Å². The molecule has 0 bridgehead atoms. The van der Waals surface area contributed by atoms with Crippen LogP contribution in [0, 0.1) is 0 Å². The number of hydrogen-bond donors (Lipinski definition) is 2. The van der Waals surface area contributed by atoms with Crippen molar-refractivity contribution in [2.24, 2.45) is 0 Å². The first-order chi connectivity index (χ1) is 9.15. The molecule has 2 heterocycles. The van der Waals surface area contributed by atoms with E-state index < -0.39 is 16.9 Å². The van der Waals surface area contributed by atoms with Gasteiger partial charge in [0.1, 0.15) is 5.39 Å². The topological polar surface area (TPSA) is 95.9 Å². The van der Waals surface area contributed by atoms with Crippen LogP contribution >= 0.6 is 0 Å². The zero-order valence-corrected chi connectivity index (χ0v) is 10.3. The molecular formula is C13H14N2O4. The van der Waals surface area contributed by atoms with E-state index in [9.17, 15) is 14.4 Å². The van der Waals surface area contributed by atoms with Crippen LogP contribution in [0.3, 0.4) is 0 Å². The fourth-order valence-corrected chi connectivity index (χ4v) is 2.87. The molecule has 2 aromatic rings. The second-order valence-electron chi connectivity index (χ2n) is 4.97. The quantitative estimate of drug-likeness (QED) is 0.807. The van der Waals surface area contributed by atoms with Gasteiger partial charge in [0, 0.05) is 6.07 Å².